The second-order valence-electron chi connectivity index (χ2n) is 5.16. The number of cyclic esters (lactones) is 1. The number of alkyl halides is 1. The number of amides is 2. The molecule has 2 rings (SSSR count). The number of rotatable bonds is 3. The summed E-state index contributed by atoms with van der Waals surface area (Å²) in [4.78, 5) is 25.5. The molecule has 102 valence electrons. The summed E-state index contributed by atoms with van der Waals surface area (Å²) in [5.41, 5.74) is 0. The average molecular weight is 367 g/mol. The van der Waals surface area contributed by atoms with E-state index in [1.54, 1.807) is 0 Å². The van der Waals surface area contributed by atoms with Crippen molar-refractivity contribution in [1.29, 1.82) is 0 Å². The van der Waals surface area contributed by atoms with Gasteiger partial charge >= 0.3 is 6.09 Å². The van der Waals surface area contributed by atoms with Crippen molar-refractivity contribution in [1.82, 2.24) is 4.90 Å². The molecule has 0 aliphatic carbocycles. The topological polar surface area (TPSA) is 55.8 Å². The highest BCUT2D eigenvalue weighted by molar-refractivity contribution is 14.1. The minimum atomic E-state index is -0.509. The Labute approximate surface area is 120 Å². The molecule has 2 fully saturated rings. The van der Waals surface area contributed by atoms with Crippen LogP contribution in [0.5, 0.6) is 0 Å². The van der Waals surface area contributed by atoms with Gasteiger partial charge in [0.1, 0.15) is 6.61 Å². The molecule has 0 saturated carbocycles. The molecule has 0 aromatic rings. The minimum Gasteiger partial charge on any atom is -0.447 e. The van der Waals surface area contributed by atoms with Crippen molar-refractivity contribution < 1.29 is 19.1 Å². The van der Waals surface area contributed by atoms with Crippen molar-refractivity contribution in [2.75, 3.05) is 11.0 Å². The maximum Gasteiger partial charge on any atom is 0.416 e. The molecule has 2 aliphatic heterocycles. The molecule has 4 atom stereocenters. The summed E-state index contributed by atoms with van der Waals surface area (Å²) in [7, 11) is 0. The van der Waals surface area contributed by atoms with Gasteiger partial charge in [0.15, 0.2) is 0 Å². The Bertz CT molecular complexity index is 360. The maximum absolute atomic E-state index is 12.5. The molecule has 0 spiro atoms. The van der Waals surface area contributed by atoms with Crippen molar-refractivity contribution in [2.45, 2.75) is 39.0 Å². The van der Waals surface area contributed by atoms with Crippen LogP contribution < -0.4 is 0 Å². The normalized spacial score (nSPS) is 35.6. The summed E-state index contributed by atoms with van der Waals surface area (Å²) < 4.78 is 11.3. The Morgan fingerprint density at radius 1 is 1.56 bits per heavy atom. The Kier molecular flexibility index (Phi) is 4.15. The van der Waals surface area contributed by atoms with E-state index in [4.69, 9.17) is 9.47 Å². The molecule has 2 heterocycles. The van der Waals surface area contributed by atoms with Crippen LogP contribution in [0.1, 0.15) is 20.8 Å². The van der Waals surface area contributed by atoms with E-state index in [2.05, 4.69) is 22.6 Å². The lowest BCUT2D eigenvalue weighted by Gasteiger charge is -2.43. The molecule has 0 aromatic heterocycles. The number of carbonyl (C=O) groups is 2. The van der Waals surface area contributed by atoms with E-state index in [9.17, 15) is 9.59 Å². The van der Waals surface area contributed by atoms with Gasteiger partial charge in [0.2, 0.25) is 5.91 Å². The molecule has 0 N–H and O–H groups in total. The first-order valence-corrected chi connectivity index (χ1v) is 7.71. The van der Waals surface area contributed by atoms with Gasteiger partial charge in [0.25, 0.3) is 0 Å². The first-order chi connectivity index (χ1) is 8.47. The van der Waals surface area contributed by atoms with Crippen molar-refractivity contribution in [3.05, 3.63) is 0 Å². The lowest BCUT2D eigenvalue weighted by Crippen LogP contribution is -2.58. The van der Waals surface area contributed by atoms with Gasteiger partial charge in [0.05, 0.1) is 24.2 Å². The van der Waals surface area contributed by atoms with Gasteiger partial charge in [-0.1, -0.05) is 36.4 Å². The third-order valence-corrected chi connectivity index (χ3v) is 4.51. The maximum atomic E-state index is 12.5. The first-order valence-electron chi connectivity index (χ1n) is 6.18. The second kappa shape index (κ2) is 5.32. The zero-order chi connectivity index (χ0) is 13.4. The molecule has 6 heteroatoms. The van der Waals surface area contributed by atoms with Gasteiger partial charge in [-0.05, 0) is 12.8 Å². The quantitative estimate of drug-likeness (QED) is 0.564. The Morgan fingerprint density at radius 2 is 2.22 bits per heavy atom. The van der Waals surface area contributed by atoms with Crippen LogP contribution in [0.25, 0.3) is 0 Å². The van der Waals surface area contributed by atoms with Gasteiger partial charge in [-0.2, -0.15) is 0 Å². The fraction of sp³-hybridized carbons (Fsp3) is 0.833. The Hall–Kier alpha value is -0.370. The molecule has 0 aromatic carbocycles. The van der Waals surface area contributed by atoms with Crippen LogP contribution in [0.3, 0.4) is 0 Å². The van der Waals surface area contributed by atoms with Gasteiger partial charge in [-0.3, -0.25) is 4.79 Å². The number of imide groups is 1. The SMILES string of the molecule is CC(C)[C@H]1COC(=O)N1C(=O)[C@@H]1[C@@H](C)O[C@@H]1CI. The van der Waals surface area contributed by atoms with Gasteiger partial charge in [-0.25, -0.2) is 9.69 Å². The van der Waals surface area contributed by atoms with Crippen LogP contribution in [-0.2, 0) is 14.3 Å². The van der Waals surface area contributed by atoms with Gasteiger partial charge < -0.3 is 9.47 Å². The molecule has 2 aliphatic rings. The molecule has 0 radical (unpaired) electrons. The number of hydrogen-bond donors (Lipinski definition) is 0. The number of nitrogens with zero attached hydrogens (tertiary/aromatic N) is 1. The van der Waals surface area contributed by atoms with Crippen LogP contribution in [0, 0.1) is 11.8 Å². The molecular weight excluding hydrogens is 349 g/mol. The molecule has 18 heavy (non-hydrogen) atoms. The number of carbonyl (C=O) groups excluding carboxylic acids is 2. The third-order valence-electron chi connectivity index (χ3n) is 3.65. The summed E-state index contributed by atoms with van der Waals surface area (Å²) in [6.45, 7) is 6.16. The van der Waals surface area contributed by atoms with Crippen LogP contribution in [0.2, 0.25) is 0 Å². The predicted molar refractivity (Wildman–Crippen MR) is 73.5 cm³/mol. The summed E-state index contributed by atoms with van der Waals surface area (Å²) in [5, 5.41) is 0. The summed E-state index contributed by atoms with van der Waals surface area (Å²) in [6.07, 6.45) is -0.696. The van der Waals surface area contributed by atoms with Crippen molar-refractivity contribution >= 4 is 34.6 Å². The Balaban J connectivity index is 2.14. The van der Waals surface area contributed by atoms with E-state index in [1.165, 1.54) is 4.90 Å². The first kappa shape index (κ1) is 14.0. The lowest BCUT2D eigenvalue weighted by atomic mass is 9.89. The minimum absolute atomic E-state index is 0.0747. The standard InChI is InChI=1S/C12H18INO4/c1-6(2)8-5-17-12(16)14(8)11(15)10-7(3)18-9(10)4-13/h6-10H,4-5H2,1-3H3/t7-,8-,9-,10-/m1/s1. The van der Waals surface area contributed by atoms with E-state index < -0.39 is 6.09 Å². The summed E-state index contributed by atoms with van der Waals surface area (Å²) in [6, 6.07) is -0.146. The number of hydrogen-bond acceptors (Lipinski definition) is 4. The largest absolute Gasteiger partial charge is 0.447 e. The molecule has 5 nitrogen and oxygen atoms in total. The average Bonchev–Trinajstić information content (AvgIpc) is 2.67. The zero-order valence-corrected chi connectivity index (χ0v) is 12.9. The monoisotopic (exact) mass is 367 g/mol. The summed E-state index contributed by atoms with van der Waals surface area (Å²) >= 11 is 2.20. The molecule has 0 unspecified atom stereocenters. The van der Waals surface area contributed by atoms with Crippen molar-refractivity contribution in [3.63, 3.8) is 0 Å². The molecule has 2 saturated heterocycles. The highest BCUT2D eigenvalue weighted by Gasteiger charge is 2.50. The smallest absolute Gasteiger partial charge is 0.416 e. The van der Waals surface area contributed by atoms with Crippen LogP contribution in [-0.4, -0.2) is 46.2 Å². The third kappa shape index (κ3) is 2.24. The summed E-state index contributed by atoms with van der Waals surface area (Å²) in [5.74, 6) is -0.153. The molecular formula is C12H18INO4. The van der Waals surface area contributed by atoms with Crippen molar-refractivity contribution in [3.8, 4) is 0 Å². The second-order valence-corrected chi connectivity index (χ2v) is 6.04. The Morgan fingerprint density at radius 3 is 2.72 bits per heavy atom. The molecule has 2 amide bonds. The van der Waals surface area contributed by atoms with Crippen molar-refractivity contribution in [2.24, 2.45) is 11.8 Å². The number of ether oxygens (including phenoxy) is 2. The zero-order valence-electron chi connectivity index (χ0n) is 10.8. The van der Waals surface area contributed by atoms with E-state index >= 15 is 0 Å². The van der Waals surface area contributed by atoms with Crippen LogP contribution in [0.4, 0.5) is 4.79 Å². The lowest BCUT2D eigenvalue weighted by molar-refractivity contribution is -0.184. The van der Waals surface area contributed by atoms with Gasteiger partial charge in [-0.15, -0.1) is 0 Å². The van der Waals surface area contributed by atoms with E-state index in [0.29, 0.717) is 6.61 Å². The fourth-order valence-electron chi connectivity index (χ4n) is 2.49. The highest BCUT2D eigenvalue weighted by atomic mass is 127. The highest BCUT2D eigenvalue weighted by Crippen LogP contribution is 2.34. The number of halogens is 1. The molecule has 0 bridgehead atoms. The fourth-order valence-corrected chi connectivity index (χ4v) is 3.25. The van der Waals surface area contributed by atoms with Crippen LogP contribution >= 0.6 is 22.6 Å². The van der Waals surface area contributed by atoms with E-state index in [0.717, 1.165) is 4.43 Å². The predicted octanol–water partition coefficient (Wildman–Crippen LogP) is 1.83. The van der Waals surface area contributed by atoms with E-state index in [-0.39, 0.29) is 36.0 Å². The van der Waals surface area contributed by atoms with E-state index in [1.807, 2.05) is 20.8 Å². The van der Waals surface area contributed by atoms with Gasteiger partial charge in [0, 0.05) is 4.43 Å². The van der Waals surface area contributed by atoms with Crippen LogP contribution in [0.15, 0.2) is 0 Å².